The molecule has 0 radical (unpaired) electrons. The highest BCUT2D eigenvalue weighted by molar-refractivity contribution is 6.30. The van der Waals surface area contributed by atoms with Crippen LogP contribution < -0.4 is 10.9 Å². The summed E-state index contributed by atoms with van der Waals surface area (Å²) < 4.78 is 6.79. The summed E-state index contributed by atoms with van der Waals surface area (Å²) in [5.41, 5.74) is 1.88. The molecule has 1 aromatic carbocycles. The fourth-order valence-electron chi connectivity index (χ4n) is 3.62. The number of pyridine rings is 1. The van der Waals surface area contributed by atoms with Gasteiger partial charge in [-0.1, -0.05) is 23.7 Å². The first-order chi connectivity index (χ1) is 14.6. The fourth-order valence-corrected chi connectivity index (χ4v) is 3.82. The molecule has 1 aliphatic rings. The summed E-state index contributed by atoms with van der Waals surface area (Å²) >= 11 is 6.06. The van der Waals surface area contributed by atoms with E-state index >= 15 is 0 Å². The van der Waals surface area contributed by atoms with Gasteiger partial charge in [0.15, 0.2) is 0 Å². The van der Waals surface area contributed by atoms with E-state index in [0.717, 1.165) is 18.4 Å². The van der Waals surface area contributed by atoms with Gasteiger partial charge in [0, 0.05) is 42.2 Å². The topological polar surface area (TPSA) is 89.3 Å². The molecule has 0 aliphatic heterocycles. The molecule has 0 amide bonds. The molecule has 3 aromatic rings. The summed E-state index contributed by atoms with van der Waals surface area (Å²) in [6, 6.07) is 12.0. The van der Waals surface area contributed by atoms with E-state index in [2.05, 4.69) is 15.3 Å². The minimum atomic E-state index is -0.514. The molecule has 2 N–H and O–H groups in total. The van der Waals surface area contributed by atoms with Crippen LogP contribution in [0.15, 0.2) is 59.7 Å². The Morgan fingerprint density at radius 1 is 1.30 bits per heavy atom. The Labute approximate surface area is 179 Å². The first-order valence-electron chi connectivity index (χ1n) is 9.78. The van der Waals surface area contributed by atoms with Crippen LogP contribution in [0.3, 0.4) is 0 Å². The van der Waals surface area contributed by atoms with E-state index in [9.17, 15) is 9.90 Å². The minimum absolute atomic E-state index is 0.217. The Morgan fingerprint density at radius 2 is 2.13 bits per heavy atom. The maximum Gasteiger partial charge on any atom is 0.251 e. The van der Waals surface area contributed by atoms with Gasteiger partial charge in [0.05, 0.1) is 24.4 Å². The van der Waals surface area contributed by atoms with E-state index in [-0.39, 0.29) is 18.3 Å². The zero-order chi connectivity index (χ0) is 21.1. The second kappa shape index (κ2) is 8.95. The van der Waals surface area contributed by atoms with E-state index < -0.39 is 6.04 Å². The molecule has 0 bridgehead atoms. The average molecular weight is 427 g/mol. The Hall–Kier alpha value is -2.74. The number of nitrogens with one attached hydrogen (secondary N) is 1. The SMILES string of the molecule is COC1CC(Nc2nccc(-c3ccn([C@H](CO)c4cccc(Cl)c4)c(=O)c3)n2)C1. The number of hydrogen-bond acceptors (Lipinski definition) is 6. The van der Waals surface area contributed by atoms with Gasteiger partial charge in [0.2, 0.25) is 5.95 Å². The van der Waals surface area contributed by atoms with Crippen molar-refractivity contribution in [2.24, 2.45) is 0 Å². The lowest BCUT2D eigenvalue weighted by molar-refractivity contribution is 0.0327. The van der Waals surface area contributed by atoms with Gasteiger partial charge < -0.3 is 19.7 Å². The third-order valence-corrected chi connectivity index (χ3v) is 5.64. The van der Waals surface area contributed by atoms with Crippen LogP contribution in [0.1, 0.15) is 24.4 Å². The molecular formula is C22H23ClN4O3. The van der Waals surface area contributed by atoms with Crippen molar-refractivity contribution in [2.75, 3.05) is 19.0 Å². The molecule has 2 aromatic heterocycles. The van der Waals surface area contributed by atoms with Crippen LogP contribution in [-0.2, 0) is 4.74 Å². The minimum Gasteiger partial charge on any atom is -0.394 e. The second-order valence-electron chi connectivity index (χ2n) is 7.35. The standard InChI is InChI=1S/C22H23ClN4O3/c1-30-18-11-17(12-18)25-22-24-7-5-19(26-22)14-6-8-27(21(29)10-14)20(13-28)15-3-2-4-16(23)9-15/h2-10,17-18,20,28H,11-13H2,1H3,(H,24,25,26)/t17?,18?,20-/m1/s1. The van der Waals surface area contributed by atoms with Crippen molar-refractivity contribution < 1.29 is 9.84 Å². The van der Waals surface area contributed by atoms with Crippen molar-refractivity contribution in [1.29, 1.82) is 0 Å². The normalized spacial score (nSPS) is 19.2. The van der Waals surface area contributed by atoms with Crippen molar-refractivity contribution in [3.05, 3.63) is 75.8 Å². The van der Waals surface area contributed by atoms with Gasteiger partial charge in [-0.2, -0.15) is 0 Å². The maximum atomic E-state index is 12.8. The molecule has 4 rings (SSSR count). The quantitative estimate of drug-likeness (QED) is 0.603. The maximum absolute atomic E-state index is 12.8. The molecule has 156 valence electrons. The highest BCUT2D eigenvalue weighted by Crippen LogP contribution is 2.26. The van der Waals surface area contributed by atoms with E-state index in [1.54, 1.807) is 43.8 Å². The second-order valence-corrected chi connectivity index (χ2v) is 7.79. The zero-order valence-corrected chi connectivity index (χ0v) is 17.3. The van der Waals surface area contributed by atoms with Gasteiger partial charge >= 0.3 is 0 Å². The molecule has 0 saturated heterocycles. The highest BCUT2D eigenvalue weighted by atomic mass is 35.5. The Balaban J connectivity index is 1.56. The number of benzene rings is 1. The molecule has 1 saturated carbocycles. The van der Waals surface area contributed by atoms with Crippen LogP contribution in [0.2, 0.25) is 5.02 Å². The lowest BCUT2D eigenvalue weighted by Gasteiger charge is -2.34. The number of anilines is 1. The van der Waals surface area contributed by atoms with Gasteiger partial charge in [0.1, 0.15) is 0 Å². The number of aromatic nitrogens is 3. The van der Waals surface area contributed by atoms with E-state index in [1.165, 1.54) is 10.6 Å². The number of rotatable bonds is 7. The first-order valence-corrected chi connectivity index (χ1v) is 10.2. The Morgan fingerprint density at radius 3 is 2.83 bits per heavy atom. The predicted molar refractivity (Wildman–Crippen MR) is 116 cm³/mol. The lowest BCUT2D eigenvalue weighted by atomic mass is 9.89. The highest BCUT2D eigenvalue weighted by Gasteiger charge is 2.29. The number of hydrogen-bond donors (Lipinski definition) is 2. The number of halogens is 1. The van der Waals surface area contributed by atoms with Crippen LogP contribution in [0.25, 0.3) is 11.3 Å². The molecule has 8 heteroatoms. The third kappa shape index (κ3) is 4.38. The Kier molecular flexibility index (Phi) is 6.13. The molecule has 0 spiro atoms. The zero-order valence-electron chi connectivity index (χ0n) is 16.5. The first kappa shape index (κ1) is 20.5. The van der Waals surface area contributed by atoms with Gasteiger partial charge in [-0.05, 0) is 42.7 Å². The molecule has 7 nitrogen and oxygen atoms in total. The van der Waals surface area contributed by atoms with Crippen molar-refractivity contribution in [2.45, 2.75) is 31.0 Å². The number of aliphatic hydroxyl groups excluding tert-OH is 1. The molecular weight excluding hydrogens is 404 g/mol. The van der Waals surface area contributed by atoms with Gasteiger partial charge in [0.25, 0.3) is 5.56 Å². The van der Waals surface area contributed by atoms with E-state index in [0.29, 0.717) is 28.3 Å². The van der Waals surface area contributed by atoms with E-state index in [4.69, 9.17) is 16.3 Å². The summed E-state index contributed by atoms with van der Waals surface area (Å²) in [5.74, 6) is 0.531. The van der Waals surface area contributed by atoms with Crippen LogP contribution in [0, 0.1) is 0 Å². The molecule has 1 aliphatic carbocycles. The number of methoxy groups -OCH3 is 1. The predicted octanol–water partition coefficient (Wildman–Crippen LogP) is 3.13. The average Bonchev–Trinajstić information content (AvgIpc) is 2.72. The van der Waals surface area contributed by atoms with E-state index in [1.807, 2.05) is 12.1 Å². The molecule has 2 heterocycles. The van der Waals surface area contributed by atoms with Gasteiger partial charge in [-0.3, -0.25) is 4.79 Å². The van der Waals surface area contributed by atoms with Crippen LogP contribution in [0.4, 0.5) is 5.95 Å². The number of ether oxygens (including phenoxy) is 1. The summed E-state index contributed by atoms with van der Waals surface area (Å²) in [4.78, 5) is 21.6. The summed E-state index contributed by atoms with van der Waals surface area (Å²) in [5, 5.41) is 13.7. The van der Waals surface area contributed by atoms with Gasteiger partial charge in [-0.25, -0.2) is 9.97 Å². The largest absolute Gasteiger partial charge is 0.394 e. The molecule has 30 heavy (non-hydrogen) atoms. The van der Waals surface area contributed by atoms with Crippen molar-refractivity contribution in [3.63, 3.8) is 0 Å². The monoisotopic (exact) mass is 426 g/mol. The van der Waals surface area contributed by atoms with Crippen molar-refractivity contribution in [3.8, 4) is 11.3 Å². The molecule has 1 fully saturated rings. The fraction of sp³-hybridized carbons (Fsp3) is 0.318. The third-order valence-electron chi connectivity index (χ3n) is 5.40. The smallest absolute Gasteiger partial charge is 0.251 e. The summed E-state index contributed by atoms with van der Waals surface area (Å²) in [6.45, 7) is -0.217. The Bertz CT molecular complexity index is 1080. The van der Waals surface area contributed by atoms with Crippen LogP contribution in [-0.4, -0.2) is 45.5 Å². The summed E-state index contributed by atoms with van der Waals surface area (Å²) in [6.07, 6.45) is 5.48. The van der Waals surface area contributed by atoms with Gasteiger partial charge in [-0.15, -0.1) is 0 Å². The van der Waals surface area contributed by atoms with Crippen LogP contribution >= 0.6 is 11.6 Å². The number of aliphatic hydroxyl groups is 1. The van der Waals surface area contributed by atoms with Crippen LogP contribution in [0.5, 0.6) is 0 Å². The molecule has 0 unspecified atom stereocenters. The lowest BCUT2D eigenvalue weighted by Crippen LogP contribution is -2.40. The number of nitrogens with zero attached hydrogens (tertiary/aromatic N) is 3. The van der Waals surface area contributed by atoms with Crippen molar-refractivity contribution in [1.82, 2.24) is 14.5 Å². The molecule has 1 atom stereocenters. The summed E-state index contributed by atoms with van der Waals surface area (Å²) in [7, 11) is 1.72. The van der Waals surface area contributed by atoms with Crippen molar-refractivity contribution >= 4 is 17.5 Å².